The molecule has 0 aliphatic carbocycles. The van der Waals surface area contributed by atoms with E-state index in [9.17, 15) is 0 Å². The van der Waals surface area contributed by atoms with E-state index in [0.717, 1.165) is 0 Å². The van der Waals surface area contributed by atoms with E-state index in [0.29, 0.717) is 0 Å². The maximum absolute atomic E-state index is 5.32. The van der Waals surface area contributed by atoms with Crippen molar-refractivity contribution in [3.8, 4) is 0 Å². The van der Waals surface area contributed by atoms with Crippen molar-refractivity contribution in [2.24, 2.45) is 0 Å². The Bertz CT molecular complexity index is 440. The van der Waals surface area contributed by atoms with Gasteiger partial charge in [-0.2, -0.15) is 19.9 Å². The Morgan fingerprint density at radius 2 is 0.824 bits per heavy atom. The predicted molar refractivity (Wildman–Crippen MR) is 64.7 cm³/mol. The molecule has 2 rings (SSSR count). The molecule has 2 aromatic rings. The number of nitrogens with zero attached hydrogens (tertiary/aromatic N) is 6. The molecule has 11 heteroatoms. The van der Waals surface area contributed by atoms with E-state index in [1.165, 1.54) is 6.33 Å². The molecule has 0 atom stereocenters. The summed E-state index contributed by atoms with van der Waals surface area (Å²) in [5, 5.41) is 0.231. The molecule has 0 saturated heterocycles. The quantitative estimate of drug-likeness (QED) is 0.737. The molecule has 0 N–H and O–H groups in total. The molecule has 0 amide bonds. The minimum atomic E-state index is 0.000000000000000444. The Hall–Kier alpha value is -0.530. The number of aromatic nitrogens is 6. The van der Waals surface area contributed by atoms with E-state index in [1.54, 1.807) is 0 Å². The third-order valence-electron chi connectivity index (χ3n) is 1.07. The summed E-state index contributed by atoms with van der Waals surface area (Å²) in [6, 6.07) is 0. The van der Waals surface area contributed by atoms with Crippen molar-refractivity contribution in [2.45, 2.75) is 0 Å². The van der Waals surface area contributed by atoms with Crippen LogP contribution in [0.4, 0.5) is 0 Å². The van der Waals surface area contributed by atoms with Crippen molar-refractivity contribution < 1.29 is 0 Å². The molecular weight excluding hydrogens is 333 g/mol. The van der Waals surface area contributed by atoms with Crippen LogP contribution in [0.2, 0.25) is 26.4 Å². The first-order valence-electron chi connectivity index (χ1n) is 3.70. The molecule has 0 aromatic carbocycles. The Labute approximate surface area is 120 Å². The third kappa shape index (κ3) is 6.09. The maximum Gasteiger partial charge on any atom is 0.227 e. The fourth-order valence-electron chi connectivity index (χ4n) is 0.561. The summed E-state index contributed by atoms with van der Waals surface area (Å²) in [6.07, 6.45) is 1.25. The van der Waals surface area contributed by atoms with E-state index in [4.69, 9.17) is 58.0 Å². The van der Waals surface area contributed by atoms with Crippen LogP contribution in [0.5, 0.6) is 0 Å². The van der Waals surface area contributed by atoms with Crippen LogP contribution < -0.4 is 0 Å². The smallest absolute Gasteiger partial charge is 0.206 e. The molecule has 0 fully saturated rings. The molecule has 0 bridgehead atoms. The summed E-state index contributed by atoms with van der Waals surface area (Å²) in [5.74, 6) is 0. The fraction of sp³-hybridized carbons (Fsp3) is 0. The van der Waals surface area contributed by atoms with Gasteiger partial charge in [-0.15, -0.1) is 0 Å². The molecular formula is C6HCl5N6. The van der Waals surface area contributed by atoms with Crippen LogP contribution in [0, 0.1) is 0 Å². The number of hydrogen-bond donors (Lipinski definition) is 0. The molecule has 2 heterocycles. The van der Waals surface area contributed by atoms with Crippen LogP contribution in [0.1, 0.15) is 0 Å². The fourth-order valence-corrected chi connectivity index (χ4v) is 1.46. The Morgan fingerprint density at radius 1 is 0.529 bits per heavy atom. The van der Waals surface area contributed by atoms with Crippen LogP contribution in [0.3, 0.4) is 0 Å². The normalized spacial score (nSPS) is 9.47. The molecule has 0 aliphatic heterocycles. The van der Waals surface area contributed by atoms with E-state index in [-0.39, 0.29) is 26.4 Å². The zero-order chi connectivity index (χ0) is 12.8. The van der Waals surface area contributed by atoms with Gasteiger partial charge in [-0.05, 0) is 58.0 Å². The van der Waals surface area contributed by atoms with Crippen LogP contribution in [0.15, 0.2) is 6.33 Å². The Kier molecular flexibility index (Phi) is 6.01. The van der Waals surface area contributed by atoms with Crippen LogP contribution >= 0.6 is 58.0 Å². The monoisotopic (exact) mass is 332 g/mol. The van der Waals surface area contributed by atoms with Crippen molar-refractivity contribution in [1.82, 2.24) is 29.9 Å². The first kappa shape index (κ1) is 14.5. The lowest BCUT2D eigenvalue weighted by molar-refractivity contribution is 1.05. The Morgan fingerprint density at radius 3 is 1.06 bits per heavy atom. The Balaban J connectivity index is 0.000000171. The van der Waals surface area contributed by atoms with Gasteiger partial charge in [0.25, 0.3) is 0 Å². The van der Waals surface area contributed by atoms with Gasteiger partial charge in [0.1, 0.15) is 6.33 Å². The SMILES string of the molecule is Clc1nc(Cl)nc(Cl)n1.Clc1ncnc(Cl)n1. The van der Waals surface area contributed by atoms with E-state index in [1.807, 2.05) is 0 Å². The topological polar surface area (TPSA) is 77.3 Å². The lowest BCUT2D eigenvalue weighted by Gasteiger charge is -1.88. The highest BCUT2D eigenvalue weighted by Crippen LogP contribution is 2.08. The zero-order valence-electron chi connectivity index (χ0n) is 7.65. The average Bonchev–Trinajstić information content (AvgIpc) is 2.15. The molecule has 0 spiro atoms. The first-order valence-corrected chi connectivity index (χ1v) is 5.59. The highest BCUT2D eigenvalue weighted by Gasteiger charge is 1.97. The molecule has 0 unspecified atom stereocenters. The molecule has 0 aliphatic rings. The second-order valence-corrected chi connectivity index (χ2v) is 3.86. The highest BCUT2D eigenvalue weighted by molar-refractivity contribution is 6.33. The number of halogens is 5. The maximum atomic E-state index is 5.32. The van der Waals surface area contributed by atoms with Gasteiger partial charge in [0, 0.05) is 0 Å². The van der Waals surface area contributed by atoms with Crippen molar-refractivity contribution in [2.75, 3.05) is 0 Å². The van der Waals surface area contributed by atoms with Gasteiger partial charge in [-0.3, -0.25) is 0 Å². The van der Waals surface area contributed by atoms with Crippen LogP contribution in [-0.2, 0) is 0 Å². The van der Waals surface area contributed by atoms with Crippen molar-refractivity contribution in [1.29, 1.82) is 0 Å². The van der Waals surface area contributed by atoms with Gasteiger partial charge in [0.2, 0.25) is 26.4 Å². The summed E-state index contributed by atoms with van der Waals surface area (Å²) in [6.45, 7) is 0. The van der Waals surface area contributed by atoms with Gasteiger partial charge in [-0.1, -0.05) is 0 Å². The van der Waals surface area contributed by atoms with Crippen LogP contribution in [0.25, 0.3) is 0 Å². The van der Waals surface area contributed by atoms with Gasteiger partial charge in [-0.25, -0.2) is 9.97 Å². The van der Waals surface area contributed by atoms with E-state index >= 15 is 0 Å². The van der Waals surface area contributed by atoms with Crippen molar-refractivity contribution in [3.05, 3.63) is 32.7 Å². The lowest BCUT2D eigenvalue weighted by Crippen LogP contribution is -1.87. The molecule has 0 saturated carbocycles. The van der Waals surface area contributed by atoms with Crippen molar-refractivity contribution >= 4 is 58.0 Å². The first-order chi connectivity index (χ1) is 7.97. The largest absolute Gasteiger partial charge is 0.227 e. The minimum Gasteiger partial charge on any atom is -0.206 e. The summed E-state index contributed by atoms with van der Waals surface area (Å²) in [4.78, 5) is 20.9. The minimum absolute atomic E-state index is 0.000000000000000444. The molecule has 6 nitrogen and oxygen atoms in total. The molecule has 2 aromatic heterocycles. The molecule has 0 radical (unpaired) electrons. The van der Waals surface area contributed by atoms with Gasteiger partial charge in [0.05, 0.1) is 0 Å². The standard InChI is InChI=1S/C3Cl3N3.C3HCl2N3/c4-1-7-2(5)9-3(6)8-1;4-2-6-1-7-3(5)8-2/h;1H. The van der Waals surface area contributed by atoms with Gasteiger partial charge >= 0.3 is 0 Å². The second kappa shape index (κ2) is 7.03. The van der Waals surface area contributed by atoms with Gasteiger partial charge in [0.15, 0.2) is 0 Å². The van der Waals surface area contributed by atoms with E-state index in [2.05, 4.69) is 29.9 Å². The van der Waals surface area contributed by atoms with E-state index < -0.39 is 0 Å². The summed E-state index contributed by atoms with van der Waals surface area (Å²) < 4.78 is 0. The molecule has 17 heavy (non-hydrogen) atoms. The molecule has 90 valence electrons. The summed E-state index contributed by atoms with van der Waals surface area (Å²) in [5.41, 5.74) is 0. The zero-order valence-corrected chi connectivity index (χ0v) is 11.4. The number of rotatable bonds is 0. The average molecular weight is 334 g/mol. The second-order valence-electron chi connectivity index (χ2n) is 2.17. The summed E-state index contributed by atoms with van der Waals surface area (Å²) >= 11 is 26.6. The summed E-state index contributed by atoms with van der Waals surface area (Å²) in [7, 11) is 0. The predicted octanol–water partition coefficient (Wildman–Crippen LogP) is 3.01. The van der Waals surface area contributed by atoms with Crippen molar-refractivity contribution in [3.63, 3.8) is 0 Å². The van der Waals surface area contributed by atoms with Gasteiger partial charge < -0.3 is 0 Å². The number of hydrogen-bond acceptors (Lipinski definition) is 6. The van der Waals surface area contributed by atoms with Crippen LogP contribution in [-0.4, -0.2) is 29.9 Å². The third-order valence-corrected chi connectivity index (χ3v) is 1.94. The lowest BCUT2D eigenvalue weighted by atomic mass is 11.1. The highest BCUT2D eigenvalue weighted by atomic mass is 35.5.